The molecule has 0 spiro atoms. The fraction of sp³-hybridized carbons (Fsp3) is 0.500. The van der Waals surface area contributed by atoms with Crippen molar-refractivity contribution in [2.24, 2.45) is 5.92 Å². The lowest BCUT2D eigenvalue weighted by Gasteiger charge is -2.45. The smallest absolute Gasteiger partial charge is 0.225 e. The van der Waals surface area contributed by atoms with Crippen LogP contribution in [0.5, 0.6) is 0 Å². The Hall–Kier alpha value is -2.56. The van der Waals surface area contributed by atoms with Gasteiger partial charge in [0.2, 0.25) is 16.0 Å². The van der Waals surface area contributed by atoms with Gasteiger partial charge in [0, 0.05) is 52.7 Å². The molecule has 3 aliphatic rings. The number of hydrogen-bond donors (Lipinski definition) is 3. The van der Waals surface area contributed by atoms with Crippen molar-refractivity contribution >= 4 is 60.8 Å². The molecule has 3 aliphatic heterocycles. The lowest BCUT2D eigenvalue weighted by atomic mass is 9.84. The van der Waals surface area contributed by atoms with Gasteiger partial charge in [-0.1, -0.05) is 11.6 Å². The maximum atomic E-state index is 13.1. The molecule has 1 aromatic carbocycles. The van der Waals surface area contributed by atoms with Gasteiger partial charge >= 0.3 is 0 Å². The molecule has 2 bridgehead atoms. The fourth-order valence-electron chi connectivity index (χ4n) is 5.57. The van der Waals surface area contributed by atoms with Crippen molar-refractivity contribution < 1.29 is 8.42 Å². The number of aryl methyl sites for hydroxylation is 1. The van der Waals surface area contributed by atoms with Gasteiger partial charge < -0.3 is 16.0 Å². The molecule has 1 unspecified atom stereocenters. The molecule has 6 rings (SSSR count). The van der Waals surface area contributed by atoms with Crippen LogP contribution in [-0.4, -0.2) is 64.1 Å². The fourth-order valence-corrected chi connectivity index (χ4v) is 8.55. The van der Waals surface area contributed by atoms with Crippen molar-refractivity contribution in [3.8, 4) is 6.07 Å². The first kappa shape index (κ1) is 24.8. The average Bonchev–Trinajstić information content (AvgIpc) is 3.21. The van der Waals surface area contributed by atoms with Gasteiger partial charge in [-0.15, -0.1) is 11.3 Å². The number of sulfonamides is 1. The highest BCUT2D eigenvalue weighted by molar-refractivity contribution is 7.89. The summed E-state index contributed by atoms with van der Waals surface area (Å²) in [6, 6.07) is 7.97. The van der Waals surface area contributed by atoms with Crippen LogP contribution in [0.1, 0.15) is 30.6 Å². The van der Waals surface area contributed by atoms with Gasteiger partial charge in [-0.3, -0.25) is 0 Å². The van der Waals surface area contributed by atoms with Crippen LogP contribution in [0, 0.1) is 24.2 Å². The summed E-state index contributed by atoms with van der Waals surface area (Å²) in [5.41, 5.74) is 0.728. The lowest BCUT2D eigenvalue weighted by molar-refractivity contribution is 0.211. The molecule has 0 aliphatic carbocycles. The third-order valence-corrected chi connectivity index (χ3v) is 10.7. The first-order chi connectivity index (χ1) is 17.8. The summed E-state index contributed by atoms with van der Waals surface area (Å²) in [7, 11) is -3.38. The first-order valence-electron chi connectivity index (χ1n) is 12.3. The van der Waals surface area contributed by atoms with Crippen molar-refractivity contribution in [1.29, 1.82) is 5.26 Å². The Labute approximate surface area is 224 Å². The SMILES string of the molecule is Cc1cnc(Nc2nc(N[C@@H]3C[C@H]4CC(S(=O)(=O)N5CC(C#N)C5)C[C@@H](C3)N4)nc3cc(Cl)ccc23)s1. The number of fused-ring (bicyclic) bond motifs is 3. The summed E-state index contributed by atoms with van der Waals surface area (Å²) >= 11 is 7.81. The van der Waals surface area contributed by atoms with E-state index < -0.39 is 15.3 Å². The number of nitrogens with zero attached hydrogens (tertiary/aromatic N) is 5. The second-order valence-electron chi connectivity index (χ2n) is 10.1. The number of nitrogens with one attached hydrogen (secondary N) is 3. The molecule has 3 aromatic rings. The first-order valence-corrected chi connectivity index (χ1v) is 15.0. The van der Waals surface area contributed by atoms with E-state index >= 15 is 0 Å². The van der Waals surface area contributed by atoms with Crippen molar-refractivity contribution in [1.82, 2.24) is 24.6 Å². The highest BCUT2D eigenvalue weighted by Gasteiger charge is 2.46. The van der Waals surface area contributed by atoms with Gasteiger partial charge in [0.05, 0.1) is 22.8 Å². The number of thiazole rings is 1. The second-order valence-corrected chi connectivity index (χ2v) is 14.0. The van der Waals surface area contributed by atoms with Crippen molar-refractivity contribution in [3.63, 3.8) is 0 Å². The standard InChI is InChI=1S/C24H27ClN8O2S2/c1-13-10-27-24(36-13)32-22-20-3-2-15(25)4-21(20)30-23(31-22)29-16-5-17-7-19(8-18(6-16)28-17)37(34,35)33-11-14(9-26)12-33/h2-4,10,14,16-19,28H,5-8,11-12H2,1H3,(H2,27,29,30,31,32)/t16-,17+,18-,19?. The molecular formula is C24H27ClN8O2S2. The third-order valence-electron chi connectivity index (χ3n) is 7.35. The number of piperidine rings is 2. The number of aromatic nitrogens is 3. The lowest BCUT2D eigenvalue weighted by Crippen LogP contribution is -2.60. The zero-order chi connectivity index (χ0) is 25.7. The van der Waals surface area contributed by atoms with Crippen LogP contribution in [0.15, 0.2) is 24.4 Å². The van der Waals surface area contributed by atoms with Gasteiger partial charge in [-0.05, 0) is 50.8 Å². The van der Waals surface area contributed by atoms with E-state index in [2.05, 4.69) is 27.0 Å². The van der Waals surface area contributed by atoms with E-state index in [0.29, 0.717) is 42.7 Å². The molecule has 37 heavy (non-hydrogen) atoms. The van der Waals surface area contributed by atoms with Crippen LogP contribution in [0.25, 0.3) is 10.9 Å². The molecule has 5 heterocycles. The Bertz CT molecular complexity index is 1470. The molecule has 3 saturated heterocycles. The quantitative estimate of drug-likeness (QED) is 0.414. The normalized spacial score (nSPS) is 26.4. The average molecular weight is 559 g/mol. The minimum absolute atomic E-state index is 0.0867. The number of benzene rings is 1. The topological polar surface area (TPSA) is 136 Å². The molecule has 0 radical (unpaired) electrons. The molecule has 4 atom stereocenters. The Kier molecular flexibility index (Phi) is 6.45. The van der Waals surface area contributed by atoms with Gasteiger partial charge in [0.15, 0.2) is 5.13 Å². The highest BCUT2D eigenvalue weighted by atomic mass is 35.5. The summed E-state index contributed by atoms with van der Waals surface area (Å²) in [4.78, 5) is 15.0. The Morgan fingerprint density at radius 2 is 1.95 bits per heavy atom. The number of halogens is 1. The van der Waals surface area contributed by atoms with E-state index in [1.165, 1.54) is 4.31 Å². The van der Waals surface area contributed by atoms with Gasteiger partial charge in [0.25, 0.3) is 0 Å². The van der Waals surface area contributed by atoms with Gasteiger partial charge in [-0.2, -0.15) is 14.6 Å². The van der Waals surface area contributed by atoms with E-state index in [0.717, 1.165) is 33.8 Å². The van der Waals surface area contributed by atoms with E-state index in [4.69, 9.17) is 26.8 Å². The molecular weight excluding hydrogens is 532 g/mol. The number of rotatable bonds is 6. The minimum atomic E-state index is -3.38. The van der Waals surface area contributed by atoms with Crippen LogP contribution >= 0.6 is 22.9 Å². The van der Waals surface area contributed by atoms with E-state index in [1.54, 1.807) is 11.3 Å². The monoisotopic (exact) mass is 558 g/mol. The summed E-state index contributed by atoms with van der Waals surface area (Å²) in [6.07, 6.45) is 4.49. The van der Waals surface area contributed by atoms with Crippen molar-refractivity contribution in [3.05, 3.63) is 34.3 Å². The van der Waals surface area contributed by atoms with Crippen molar-refractivity contribution in [2.75, 3.05) is 23.7 Å². The Morgan fingerprint density at radius 3 is 2.62 bits per heavy atom. The summed E-state index contributed by atoms with van der Waals surface area (Å²) in [5.74, 6) is 0.979. The molecule has 0 amide bonds. The molecule has 0 saturated carbocycles. The van der Waals surface area contributed by atoms with E-state index in [9.17, 15) is 8.42 Å². The molecule has 194 valence electrons. The Balaban J connectivity index is 1.18. The molecule has 3 N–H and O–H groups in total. The summed E-state index contributed by atoms with van der Waals surface area (Å²) < 4.78 is 27.7. The molecule has 13 heteroatoms. The highest BCUT2D eigenvalue weighted by Crippen LogP contribution is 2.35. The molecule has 10 nitrogen and oxygen atoms in total. The van der Waals surface area contributed by atoms with Gasteiger partial charge in [0.1, 0.15) is 5.82 Å². The molecule has 3 fully saturated rings. The van der Waals surface area contributed by atoms with Crippen LogP contribution in [-0.2, 0) is 10.0 Å². The number of anilines is 3. The van der Waals surface area contributed by atoms with Gasteiger partial charge in [-0.25, -0.2) is 18.4 Å². The zero-order valence-corrected chi connectivity index (χ0v) is 22.6. The van der Waals surface area contributed by atoms with E-state index in [-0.39, 0.29) is 24.0 Å². The predicted octanol–water partition coefficient (Wildman–Crippen LogP) is 3.64. The predicted molar refractivity (Wildman–Crippen MR) is 145 cm³/mol. The summed E-state index contributed by atoms with van der Waals surface area (Å²) in [6.45, 7) is 2.65. The summed E-state index contributed by atoms with van der Waals surface area (Å²) in [5, 5.41) is 21.2. The number of nitriles is 1. The van der Waals surface area contributed by atoms with Crippen LogP contribution < -0.4 is 16.0 Å². The maximum Gasteiger partial charge on any atom is 0.225 e. The number of hydrogen-bond acceptors (Lipinski definition) is 10. The largest absolute Gasteiger partial charge is 0.351 e. The Morgan fingerprint density at radius 1 is 1.19 bits per heavy atom. The van der Waals surface area contributed by atoms with E-state index in [1.807, 2.05) is 31.3 Å². The second kappa shape index (κ2) is 9.63. The van der Waals surface area contributed by atoms with Crippen LogP contribution in [0.2, 0.25) is 5.02 Å². The van der Waals surface area contributed by atoms with Crippen LogP contribution in [0.3, 0.4) is 0 Å². The zero-order valence-electron chi connectivity index (χ0n) is 20.2. The third kappa shape index (κ3) is 4.98. The maximum absolute atomic E-state index is 13.1. The van der Waals surface area contributed by atoms with Crippen molar-refractivity contribution in [2.45, 2.75) is 56.0 Å². The molecule has 2 aromatic heterocycles. The van der Waals surface area contributed by atoms with Crippen LogP contribution in [0.4, 0.5) is 16.9 Å². The minimum Gasteiger partial charge on any atom is -0.351 e.